The number of fused-ring (bicyclic) bond motifs is 1. The zero-order chi connectivity index (χ0) is 17.2. The standard InChI is InChI=1S/C20H15Cl2N3/c21-15-9-5-13(6-10-15)19(14-7-11-16(22)12-8-14)25-20-23-17-3-1-2-4-18(17)24-20/h1-12,19H,(H2,23,24,25). The van der Waals surface area contributed by atoms with Gasteiger partial charge in [-0.2, -0.15) is 0 Å². The summed E-state index contributed by atoms with van der Waals surface area (Å²) in [7, 11) is 0. The molecule has 4 rings (SSSR count). The van der Waals surface area contributed by atoms with Crippen molar-refractivity contribution in [3.05, 3.63) is 94.0 Å². The summed E-state index contributed by atoms with van der Waals surface area (Å²) in [5.41, 5.74) is 4.10. The summed E-state index contributed by atoms with van der Waals surface area (Å²) in [6.45, 7) is 0. The molecule has 0 unspecified atom stereocenters. The lowest BCUT2D eigenvalue weighted by molar-refractivity contribution is 0.920. The summed E-state index contributed by atoms with van der Waals surface area (Å²) >= 11 is 12.1. The highest BCUT2D eigenvalue weighted by Gasteiger charge is 2.16. The molecule has 0 aliphatic carbocycles. The van der Waals surface area contributed by atoms with Gasteiger partial charge in [-0.3, -0.25) is 0 Å². The Hall–Kier alpha value is -2.49. The van der Waals surface area contributed by atoms with Crippen molar-refractivity contribution in [2.24, 2.45) is 0 Å². The molecule has 0 amide bonds. The zero-order valence-electron chi connectivity index (χ0n) is 13.2. The number of aromatic nitrogens is 2. The second-order valence-corrected chi connectivity index (χ2v) is 6.66. The first-order chi connectivity index (χ1) is 12.2. The highest BCUT2D eigenvalue weighted by molar-refractivity contribution is 6.30. The van der Waals surface area contributed by atoms with Crippen LogP contribution in [0.3, 0.4) is 0 Å². The summed E-state index contributed by atoms with van der Waals surface area (Å²) in [5.74, 6) is 0.719. The molecule has 3 aromatic carbocycles. The molecule has 4 aromatic rings. The minimum absolute atomic E-state index is 0.0740. The number of halogens is 2. The van der Waals surface area contributed by atoms with E-state index in [0.29, 0.717) is 10.0 Å². The number of H-pyrrole nitrogens is 1. The molecule has 2 N–H and O–H groups in total. The Labute approximate surface area is 155 Å². The van der Waals surface area contributed by atoms with Crippen molar-refractivity contribution >= 4 is 40.2 Å². The third-order valence-electron chi connectivity index (χ3n) is 4.08. The lowest BCUT2D eigenvalue weighted by Crippen LogP contribution is -2.13. The smallest absolute Gasteiger partial charge is 0.201 e. The molecule has 5 heteroatoms. The van der Waals surface area contributed by atoms with E-state index >= 15 is 0 Å². The summed E-state index contributed by atoms with van der Waals surface area (Å²) < 4.78 is 0. The van der Waals surface area contributed by atoms with Crippen LogP contribution in [0.25, 0.3) is 11.0 Å². The van der Waals surface area contributed by atoms with Gasteiger partial charge in [-0.25, -0.2) is 4.98 Å². The van der Waals surface area contributed by atoms with Crippen LogP contribution in [0.15, 0.2) is 72.8 Å². The van der Waals surface area contributed by atoms with Crippen molar-refractivity contribution in [2.75, 3.05) is 5.32 Å². The predicted octanol–water partition coefficient (Wildman–Crippen LogP) is 6.07. The Balaban J connectivity index is 1.73. The molecule has 0 saturated heterocycles. The van der Waals surface area contributed by atoms with Crippen LogP contribution in [0.4, 0.5) is 5.95 Å². The Morgan fingerprint density at radius 3 is 1.88 bits per heavy atom. The van der Waals surface area contributed by atoms with Crippen LogP contribution >= 0.6 is 23.2 Å². The lowest BCUT2D eigenvalue weighted by Gasteiger charge is -2.19. The average Bonchev–Trinajstić information content (AvgIpc) is 3.04. The topological polar surface area (TPSA) is 40.7 Å². The van der Waals surface area contributed by atoms with E-state index in [0.717, 1.165) is 28.1 Å². The largest absolute Gasteiger partial charge is 0.345 e. The fourth-order valence-corrected chi connectivity index (χ4v) is 3.08. The van der Waals surface area contributed by atoms with E-state index in [4.69, 9.17) is 23.2 Å². The van der Waals surface area contributed by atoms with E-state index in [1.165, 1.54) is 0 Å². The first-order valence-corrected chi connectivity index (χ1v) is 8.67. The normalized spacial score (nSPS) is 11.2. The molecule has 0 aliphatic rings. The van der Waals surface area contributed by atoms with Crippen LogP contribution < -0.4 is 5.32 Å². The number of para-hydroxylation sites is 2. The van der Waals surface area contributed by atoms with Crippen molar-refractivity contribution in [3.8, 4) is 0 Å². The van der Waals surface area contributed by atoms with Crippen molar-refractivity contribution in [2.45, 2.75) is 6.04 Å². The molecule has 0 bridgehead atoms. The number of hydrogen-bond donors (Lipinski definition) is 2. The van der Waals surface area contributed by atoms with Crippen LogP contribution in [-0.2, 0) is 0 Å². The number of hydrogen-bond acceptors (Lipinski definition) is 2. The number of rotatable bonds is 4. The van der Waals surface area contributed by atoms with Crippen molar-refractivity contribution in [3.63, 3.8) is 0 Å². The van der Waals surface area contributed by atoms with Crippen LogP contribution in [0, 0.1) is 0 Å². The van der Waals surface area contributed by atoms with Crippen molar-refractivity contribution in [1.29, 1.82) is 0 Å². The molecule has 0 atom stereocenters. The predicted molar refractivity (Wildman–Crippen MR) is 104 cm³/mol. The van der Waals surface area contributed by atoms with Gasteiger partial charge in [-0.1, -0.05) is 59.6 Å². The van der Waals surface area contributed by atoms with E-state index in [-0.39, 0.29) is 6.04 Å². The van der Waals surface area contributed by atoms with Gasteiger partial charge in [0.05, 0.1) is 17.1 Å². The molecule has 0 spiro atoms. The summed E-state index contributed by atoms with van der Waals surface area (Å²) in [4.78, 5) is 7.93. The van der Waals surface area contributed by atoms with Gasteiger partial charge in [0, 0.05) is 10.0 Å². The average molecular weight is 368 g/mol. The Morgan fingerprint density at radius 2 is 1.32 bits per heavy atom. The minimum Gasteiger partial charge on any atom is -0.345 e. The molecule has 124 valence electrons. The first-order valence-electron chi connectivity index (χ1n) is 7.91. The maximum Gasteiger partial charge on any atom is 0.201 e. The molecule has 0 radical (unpaired) electrons. The SMILES string of the molecule is Clc1ccc(C(Nc2nc3ccccc3[nH]2)c2ccc(Cl)cc2)cc1. The number of imidazole rings is 1. The highest BCUT2D eigenvalue weighted by atomic mass is 35.5. The van der Waals surface area contributed by atoms with Gasteiger partial charge in [0.1, 0.15) is 0 Å². The molecule has 0 fully saturated rings. The van der Waals surface area contributed by atoms with E-state index in [2.05, 4.69) is 15.3 Å². The van der Waals surface area contributed by atoms with Crippen molar-refractivity contribution in [1.82, 2.24) is 9.97 Å². The Morgan fingerprint density at radius 1 is 0.760 bits per heavy atom. The van der Waals surface area contributed by atoms with E-state index in [9.17, 15) is 0 Å². The molecular formula is C20H15Cl2N3. The fourth-order valence-electron chi connectivity index (χ4n) is 2.83. The molecule has 1 aromatic heterocycles. The summed E-state index contributed by atoms with van der Waals surface area (Å²) in [6.07, 6.45) is 0. The van der Waals surface area contributed by atoms with Gasteiger partial charge in [0.2, 0.25) is 5.95 Å². The third kappa shape index (κ3) is 3.48. The number of benzene rings is 3. The van der Waals surface area contributed by atoms with Crippen LogP contribution in [-0.4, -0.2) is 9.97 Å². The van der Waals surface area contributed by atoms with Gasteiger partial charge in [-0.05, 0) is 47.5 Å². The molecule has 25 heavy (non-hydrogen) atoms. The maximum atomic E-state index is 6.04. The van der Waals surface area contributed by atoms with Crippen LogP contribution in [0.5, 0.6) is 0 Å². The van der Waals surface area contributed by atoms with Crippen LogP contribution in [0.2, 0.25) is 10.0 Å². The van der Waals surface area contributed by atoms with E-state index in [1.807, 2.05) is 72.8 Å². The summed E-state index contributed by atoms with van der Waals surface area (Å²) in [5, 5.41) is 4.91. The van der Waals surface area contributed by atoms with Crippen molar-refractivity contribution < 1.29 is 0 Å². The second kappa shape index (κ2) is 6.79. The number of nitrogens with one attached hydrogen (secondary N) is 2. The number of anilines is 1. The molecule has 3 nitrogen and oxygen atoms in total. The van der Waals surface area contributed by atoms with E-state index < -0.39 is 0 Å². The van der Waals surface area contributed by atoms with Gasteiger partial charge in [-0.15, -0.1) is 0 Å². The minimum atomic E-state index is -0.0740. The first kappa shape index (κ1) is 16.0. The number of nitrogens with zero attached hydrogens (tertiary/aromatic N) is 1. The fraction of sp³-hybridized carbons (Fsp3) is 0.0500. The van der Waals surface area contributed by atoms with Crippen LogP contribution in [0.1, 0.15) is 17.2 Å². The van der Waals surface area contributed by atoms with Gasteiger partial charge >= 0.3 is 0 Å². The lowest BCUT2D eigenvalue weighted by atomic mass is 9.99. The van der Waals surface area contributed by atoms with E-state index in [1.54, 1.807) is 0 Å². The van der Waals surface area contributed by atoms with Gasteiger partial charge < -0.3 is 10.3 Å². The molecule has 0 aliphatic heterocycles. The van der Waals surface area contributed by atoms with Gasteiger partial charge in [0.25, 0.3) is 0 Å². The maximum absolute atomic E-state index is 6.04. The second-order valence-electron chi connectivity index (χ2n) is 5.78. The quantitative estimate of drug-likeness (QED) is 0.459. The summed E-state index contributed by atoms with van der Waals surface area (Å²) in [6, 6.07) is 23.5. The van der Waals surface area contributed by atoms with Gasteiger partial charge in [0.15, 0.2) is 0 Å². The third-order valence-corrected chi connectivity index (χ3v) is 4.58. The monoisotopic (exact) mass is 367 g/mol. The molecule has 0 saturated carbocycles. The zero-order valence-corrected chi connectivity index (χ0v) is 14.7. The highest BCUT2D eigenvalue weighted by Crippen LogP contribution is 2.28. The molecule has 1 heterocycles. The molecular weight excluding hydrogens is 353 g/mol. The Kier molecular flexibility index (Phi) is 4.35. The Bertz CT molecular complexity index is 913. The number of aromatic amines is 1.